The normalized spacial score (nSPS) is 15.1. The van der Waals surface area contributed by atoms with Crippen LogP contribution in [0.25, 0.3) is 11.1 Å². The van der Waals surface area contributed by atoms with Gasteiger partial charge in [0.15, 0.2) is 0 Å². The number of halogens is 7. The van der Waals surface area contributed by atoms with Crippen molar-refractivity contribution in [1.29, 1.82) is 0 Å². The van der Waals surface area contributed by atoms with E-state index in [-0.39, 0.29) is 17.3 Å². The highest BCUT2D eigenvalue weighted by molar-refractivity contribution is 7.84. The van der Waals surface area contributed by atoms with Gasteiger partial charge in [-0.1, -0.05) is 18.9 Å². The molecular weight excluding hydrogens is 659 g/mol. The smallest absolute Gasteiger partial charge is 0.453 e. The molecule has 1 aliphatic rings. The molecule has 0 aliphatic heterocycles. The molecule has 48 heavy (non-hydrogen) atoms. The van der Waals surface area contributed by atoms with Gasteiger partial charge in [0, 0.05) is 41.3 Å². The van der Waals surface area contributed by atoms with Crippen molar-refractivity contribution in [2.24, 2.45) is 0 Å². The van der Waals surface area contributed by atoms with E-state index in [4.69, 9.17) is 0 Å². The van der Waals surface area contributed by atoms with Crippen LogP contribution in [0.1, 0.15) is 101 Å². The Kier molecular flexibility index (Phi) is 15.0. The van der Waals surface area contributed by atoms with Gasteiger partial charge in [-0.15, -0.1) is 0 Å². The minimum absolute atomic E-state index is 0.185. The van der Waals surface area contributed by atoms with Crippen LogP contribution in [0.4, 0.5) is 30.7 Å². The number of alkyl halides is 5. The molecule has 0 bridgehead atoms. The number of hydrogen-bond donors (Lipinski definition) is 2. The Morgan fingerprint density at radius 3 is 2.08 bits per heavy atom. The molecule has 0 saturated carbocycles. The van der Waals surface area contributed by atoms with Gasteiger partial charge in [0.2, 0.25) is 0 Å². The summed E-state index contributed by atoms with van der Waals surface area (Å²) in [7, 11) is -1.48. The summed E-state index contributed by atoms with van der Waals surface area (Å²) in [4.78, 5) is 2.12. The second-order valence-corrected chi connectivity index (χ2v) is 15.1. The largest absolute Gasteiger partial charge is 0.508 e. The van der Waals surface area contributed by atoms with Gasteiger partial charge in [0.05, 0.1) is 5.60 Å². The molecule has 0 spiro atoms. The standard InChI is InChI=1S/C36H48F7NO3S/c1-34(2,46)25-44(18-7-8-19-48(47)20-10-16-35(39,40)36(41,42)43)17-6-4-3-5-12-33-31(27-21-28(37)24-29(38)22-27)13-9-11-26-23-30(45)14-15-32(26)33/h14-15,21-24,45-46H,3-13,16-20,25H2,1-2H3. The topological polar surface area (TPSA) is 60.8 Å². The van der Waals surface area contributed by atoms with E-state index in [9.17, 15) is 45.2 Å². The van der Waals surface area contributed by atoms with Crippen LogP contribution < -0.4 is 0 Å². The molecule has 0 saturated heterocycles. The number of unbranched alkanes of at least 4 members (excludes halogenated alkanes) is 4. The molecule has 1 unspecified atom stereocenters. The summed E-state index contributed by atoms with van der Waals surface area (Å²) in [5.74, 6) is -5.82. The number of phenolic OH excluding ortho intramolecular Hbond substituents is 1. The molecule has 1 aliphatic carbocycles. The summed E-state index contributed by atoms with van der Waals surface area (Å²) in [5, 5.41) is 20.5. The fourth-order valence-electron chi connectivity index (χ4n) is 6.29. The van der Waals surface area contributed by atoms with Crippen LogP contribution in [-0.4, -0.2) is 68.2 Å². The number of aliphatic hydroxyl groups is 1. The average Bonchev–Trinajstić information content (AvgIpc) is 3.13. The van der Waals surface area contributed by atoms with Crippen molar-refractivity contribution in [1.82, 2.24) is 4.90 Å². The Bertz CT molecular complexity index is 1370. The Morgan fingerprint density at radius 2 is 1.44 bits per heavy atom. The predicted molar refractivity (Wildman–Crippen MR) is 177 cm³/mol. The molecule has 0 heterocycles. The number of aromatic hydroxyl groups is 1. The summed E-state index contributed by atoms with van der Waals surface area (Å²) < 4.78 is 104. The molecule has 2 aromatic rings. The number of phenols is 1. The molecular formula is C36H48F7NO3S. The van der Waals surface area contributed by atoms with Crippen LogP contribution in [0.5, 0.6) is 5.75 Å². The zero-order valence-corrected chi connectivity index (χ0v) is 28.6. The Balaban J connectivity index is 1.50. The van der Waals surface area contributed by atoms with Gasteiger partial charge in [-0.2, -0.15) is 22.0 Å². The number of benzene rings is 2. The summed E-state index contributed by atoms with van der Waals surface area (Å²) in [6, 6.07) is 8.91. The van der Waals surface area contributed by atoms with Crippen molar-refractivity contribution < 1.29 is 45.2 Å². The minimum atomic E-state index is -5.60. The lowest BCUT2D eigenvalue weighted by Gasteiger charge is -2.29. The maximum atomic E-state index is 14.2. The minimum Gasteiger partial charge on any atom is -0.508 e. The van der Waals surface area contributed by atoms with Gasteiger partial charge in [0.25, 0.3) is 0 Å². The van der Waals surface area contributed by atoms with E-state index in [1.807, 2.05) is 6.07 Å². The second-order valence-electron chi connectivity index (χ2n) is 13.4. The van der Waals surface area contributed by atoms with Crippen LogP contribution >= 0.6 is 0 Å². The molecule has 270 valence electrons. The molecule has 3 rings (SSSR count). The fraction of sp³-hybridized carbons (Fsp3) is 0.611. The highest BCUT2D eigenvalue weighted by Gasteiger charge is 2.56. The van der Waals surface area contributed by atoms with E-state index in [1.54, 1.807) is 26.0 Å². The van der Waals surface area contributed by atoms with E-state index in [0.717, 1.165) is 73.4 Å². The monoisotopic (exact) mass is 707 g/mol. The number of fused-ring (bicyclic) bond motifs is 1. The van der Waals surface area contributed by atoms with E-state index in [0.29, 0.717) is 44.3 Å². The van der Waals surface area contributed by atoms with Gasteiger partial charge < -0.3 is 15.1 Å². The highest BCUT2D eigenvalue weighted by Crippen LogP contribution is 2.40. The van der Waals surface area contributed by atoms with Crippen molar-refractivity contribution in [3.63, 3.8) is 0 Å². The number of rotatable bonds is 19. The first-order valence-electron chi connectivity index (χ1n) is 16.7. The predicted octanol–water partition coefficient (Wildman–Crippen LogP) is 9.45. The maximum absolute atomic E-state index is 14.2. The summed E-state index contributed by atoms with van der Waals surface area (Å²) in [5.41, 5.74) is 3.59. The van der Waals surface area contributed by atoms with Crippen LogP contribution in [0.2, 0.25) is 0 Å². The van der Waals surface area contributed by atoms with Crippen LogP contribution in [0, 0.1) is 11.6 Å². The molecule has 0 radical (unpaired) electrons. The van der Waals surface area contributed by atoms with Gasteiger partial charge in [-0.25, -0.2) is 8.78 Å². The van der Waals surface area contributed by atoms with Crippen molar-refractivity contribution >= 4 is 21.9 Å². The number of nitrogens with zero attached hydrogens (tertiary/aromatic N) is 1. The number of allylic oxidation sites excluding steroid dienone is 2. The molecule has 1 atom stereocenters. The first-order chi connectivity index (χ1) is 22.4. The molecule has 2 aromatic carbocycles. The second kappa shape index (κ2) is 18.0. The molecule has 0 fully saturated rings. The average molecular weight is 708 g/mol. The Morgan fingerprint density at radius 1 is 0.812 bits per heavy atom. The lowest BCUT2D eigenvalue weighted by atomic mass is 9.89. The van der Waals surface area contributed by atoms with Gasteiger partial charge in [-0.05, 0) is 137 Å². The van der Waals surface area contributed by atoms with Gasteiger partial charge in [-0.3, -0.25) is 4.21 Å². The van der Waals surface area contributed by atoms with E-state index < -0.39 is 53.0 Å². The first-order valence-corrected chi connectivity index (χ1v) is 18.2. The number of aryl methyl sites for hydroxylation is 1. The zero-order chi connectivity index (χ0) is 35.5. The molecule has 12 heteroatoms. The summed E-state index contributed by atoms with van der Waals surface area (Å²) in [6.07, 6.45) is 0.187. The quantitative estimate of drug-likeness (QED) is 0.113. The maximum Gasteiger partial charge on any atom is 0.453 e. The van der Waals surface area contributed by atoms with Crippen molar-refractivity contribution in [2.75, 3.05) is 31.1 Å². The van der Waals surface area contributed by atoms with Crippen LogP contribution in [-0.2, 0) is 17.2 Å². The third-order valence-electron chi connectivity index (χ3n) is 8.50. The third-order valence-corrected chi connectivity index (χ3v) is 9.99. The summed E-state index contributed by atoms with van der Waals surface area (Å²) >= 11 is 0. The lowest BCUT2D eigenvalue weighted by Crippen LogP contribution is -2.39. The molecule has 0 aromatic heterocycles. The SMILES string of the molecule is CC(C)(O)CN(CCCCCCC1=C(c2cc(F)cc(F)c2)CCCc2cc(O)ccc21)CCCCS(=O)CCCC(F)(F)C(F)(F)F. The van der Waals surface area contributed by atoms with Gasteiger partial charge >= 0.3 is 12.1 Å². The van der Waals surface area contributed by atoms with Crippen LogP contribution in [0.3, 0.4) is 0 Å². The highest BCUT2D eigenvalue weighted by atomic mass is 32.2. The Labute approximate surface area is 281 Å². The Hall–Kier alpha value is -2.44. The molecule has 0 amide bonds. The van der Waals surface area contributed by atoms with Crippen molar-refractivity contribution in [3.8, 4) is 5.75 Å². The first kappa shape index (κ1) is 40.0. The molecule has 2 N–H and O–H groups in total. The molecule has 4 nitrogen and oxygen atoms in total. The van der Waals surface area contributed by atoms with E-state index in [1.165, 1.54) is 12.1 Å². The number of hydrogen-bond acceptors (Lipinski definition) is 4. The van der Waals surface area contributed by atoms with Gasteiger partial charge in [0.1, 0.15) is 17.4 Å². The lowest BCUT2D eigenvalue weighted by molar-refractivity contribution is -0.284. The fourth-order valence-corrected chi connectivity index (χ4v) is 7.48. The zero-order valence-electron chi connectivity index (χ0n) is 27.8. The van der Waals surface area contributed by atoms with E-state index >= 15 is 0 Å². The van der Waals surface area contributed by atoms with Crippen LogP contribution in [0.15, 0.2) is 36.4 Å². The van der Waals surface area contributed by atoms with Crippen molar-refractivity contribution in [3.05, 3.63) is 64.7 Å². The third kappa shape index (κ3) is 13.1. The van der Waals surface area contributed by atoms with E-state index in [2.05, 4.69) is 4.90 Å². The summed E-state index contributed by atoms with van der Waals surface area (Å²) in [6.45, 7) is 5.19. The van der Waals surface area contributed by atoms with Crippen molar-refractivity contribution in [2.45, 2.75) is 109 Å².